The molecule has 0 radical (unpaired) electrons. The zero-order valence-electron chi connectivity index (χ0n) is 10.5. The molecule has 0 amide bonds. The van der Waals surface area contributed by atoms with Gasteiger partial charge in [0.25, 0.3) is 0 Å². The van der Waals surface area contributed by atoms with Crippen LogP contribution in [0.5, 0.6) is 5.75 Å². The summed E-state index contributed by atoms with van der Waals surface area (Å²) in [4.78, 5) is 17.8. The van der Waals surface area contributed by atoms with Crippen LogP contribution in [0.4, 0.5) is 5.82 Å². The maximum Gasteiger partial charge on any atom is 0.330 e. The van der Waals surface area contributed by atoms with Gasteiger partial charge >= 0.3 is 5.97 Å². The van der Waals surface area contributed by atoms with E-state index in [1.807, 2.05) is 17.0 Å². The first-order chi connectivity index (χ1) is 8.76. The molecule has 0 N–H and O–H groups in total. The number of pyridine rings is 1. The fourth-order valence-electron chi connectivity index (χ4n) is 1.87. The van der Waals surface area contributed by atoms with Gasteiger partial charge in [-0.1, -0.05) is 0 Å². The molecule has 1 unspecified atom stereocenters. The van der Waals surface area contributed by atoms with Crippen LogP contribution in [-0.4, -0.2) is 51.0 Å². The maximum atomic E-state index is 11.7. The van der Waals surface area contributed by atoms with E-state index in [-0.39, 0.29) is 5.97 Å². The van der Waals surface area contributed by atoms with E-state index in [2.05, 4.69) is 4.98 Å². The van der Waals surface area contributed by atoms with E-state index in [0.29, 0.717) is 25.5 Å². The molecular formula is C12H16N2O4. The first-order valence-corrected chi connectivity index (χ1v) is 5.68. The first-order valence-electron chi connectivity index (χ1n) is 5.68. The minimum Gasteiger partial charge on any atom is -0.495 e. The Labute approximate surface area is 105 Å². The Morgan fingerprint density at radius 1 is 1.50 bits per heavy atom. The first kappa shape index (κ1) is 12.6. The van der Waals surface area contributed by atoms with Gasteiger partial charge in [0, 0.05) is 6.54 Å². The Hall–Kier alpha value is -1.82. The molecule has 1 atom stereocenters. The van der Waals surface area contributed by atoms with Gasteiger partial charge in [-0.3, -0.25) is 0 Å². The van der Waals surface area contributed by atoms with Crippen molar-refractivity contribution >= 4 is 11.8 Å². The van der Waals surface area contributed by atoms with Gasteiger partial charge in [0.05, 0.1) is 33.6 Å². The van der Waals surface area contributed by atoms with Crippen molar-refractivity contribution in [3.05, 3.63) is 18.3 Å². The molecule has 1 aromatic rings. The van der Waals surface area contributed by atoms with Gasteiger partial charge in [-0.05, 0) is 12.1 Å². The lowest BCUT2D eigenvalue weighted by atomic mass is 10.2. The van der Waals surface area contributed by atoms with E-state index < -0.39 is 6.04 Å². The number of hydrogen-bond acceptors (Lipinski definition) is 6. The zero-order chi connectivity index (χ0) is 13.0. The van der Waals surface area contributed by atoms with Crippen molar-refractivity contribution in [2.45, 2.75) is 6.04 Å². The molecule has 2 rings (SSSR count). The highest BCUT2D eigenvalue weighted by Gasteiger charge is 2.31. The van der Waals surface area contributed by atoms with Crippen molar-refractivity contribution in [3.8, 4) is 5.75 Å². The SMILES string of the molecule is COC(=O)C1COCCN1c1ccc(OC)cn1. The summed E-state index contributed by atoms with van der Waals surface area (Å²) in [5.41, 5.74) is 0. The largest absolute Gasteiger partial charge is 0.495 e. The number of esters is 1. The molecule has 1 aliphatic rings. The van der Waals surface area contributed by atoms with Gasteiger partial charge in [0.2, 0.25) is 0 Å². The third kappa shape index (κ3) is 2.53. The minimum atomic E-state index is -0.440. The highest BCUT2D eigenvalue weighted by Crippen LogP contribution is 2.20. The number of anilines is 1. The lowest BCUT2D eigenvalue weighted by molar-refractivity contribution is -0.144. The van der Waals surface area contributed by atoms with Crippen LogP contribution in [0, 0.1) is 0 Å². The minimum absolute atomic E-state index is 0.313. The number of carbonyl (C=O) groups is 1. The number of nitrogens with zero attached hydrogens (tertiary/aromatic N) is 2. The molecule has 6 heteroatoms. The Morgan fingerprint density at radius 2 is 2.33 bits per heavy atom. The summed E-state index contributed by atoms with van der Waals surface area (Å²) in [5.74, 6) is 1.09. The monoisotopic (exact) mass is 252 g/mol. The Bertz CT molecular complexity index is 407. The van der Waals surface area contributed by atoms with E-state index in [1.54, 1.807) is 13.3 Å². The van der Waals surface area contributed by atoms with Crippen molar-refractivity contribution < 1.29 is 19.0 Å². The summed E-state index contributed by atoms with van der Waals surface area (Å²) in [7, 11) is 2.96. The van der Waals surface area contributed by atoms with Crippen LogP contribution in [0.3, 0.4) is 0 Å². The van der Waals surface area contributed by atoms with Crippen molar-refractivity contribution in [1.82, 2.24) is 4.98 Å². The fraction of sp³-hybridized carbons (Fsp3) is 0.500. The van der Waals surface area contributed by atoms with Crippen molar-refractivity contribution in [2.24, 2.45) is 0 Å². The zero-order valence-corrected chi connectivity index (χ0v) is 10.5. The predicted octanol–water partition coefficient (Wildman–Crippen LogP) is 0.468. The molecule has 0 saturated carbocycles. The molecule has 6 nitrogen and oxygen atoms in total. The lowest BCUT2D eigenvalue weighted by Crippen LogP contribution is -2.50. The van der Waals surface area contributed by atoms with Gasteiger partial charge < -0.3 is 19.1 Å². The van der Waals surface area contributed by atoms with Crippen LogP contribution < -0.4 is 9.64 Å². The second kappa shape index (κ2) is 5.68. The quantitative estimate of drug-likeness (QED) is 0.729. The van der Waals surface area contributed by atoms with Crippen LogP contribution in [0.1, 0.15) is 0 Å². The average Bonchev–Trinajstić information content (AvgIpc) is 2.46. The molecule has 1 saturated heterocycles. The Balaban J connectivity index is 2.19. The fourth-order valence-corrected chi connectivity index (χ4v) is 1.87. The topological polar surface area (TPSA) is 60.9 Å². The second-order valence-electron chi connectivity index (χ2n) is 3.86. The Kier molecular flexibility index (Phi) is 3.99. The molecule has 0 aromatic carbocycles. The number of morpholine rings is 1. The van der Waals surface area contributed by atoms with Crippen molar-refractivity contribution in [1.29, 1.82) is 0 Å². The number of hydrogen-bond donors (Lipinski definition) is 0. The molecular weight excluding hydrogens is 236 g/mol. The standard InChI is InChI=1S/C12H16N2O4/c1-16-9-3-4-11(13-7-9)14-5-6-18-8-10(14)12(15)17-2/h3-4,7,10H,5-6,8H2,1-2H3. The number of methoxy groups -OCH3 is 2. The summed E-state index contributed by atoms with van der Waals surface area (Å²) >= 11 is 0. The molecule has 1 aliphatic heterocycles. The van der Waals surface area contributed by atoms with Crippen molar-refractivity contribution in [2.75, 3.05) is 38.9 Å². The van der Waals surface area contributed by atoms with Crippen LogP contribution in [0.25, 0.3) is 0 Å². The molecule has 2 heterocycles. The van der Waals surface area contributed by atoms with Crippen LogP contribution in [-0.2, 0) is 14.3 Å². The van der Waals surface area contributed by atoms with E-state index >= 15 is 0 Å². The predicted molar refractivity (Wildman–Crippen MR) is 64.8 cm³/mol. The highest BCUT2D eigenvalue weighted by atomic mass is 16.5. The molecule has 0 bridgehead atoms. The van der Waals surface area contributed by atoms with Crippen molar-refractivity contribution in [3.63, 3.8) is 0 Å². The summed E-state index contributed by atoms with van der Waals surface area (Å²) in [5, 5.41) is 0. The molecule has 18 heavy (non-hydrogen) atoms. The highest BCUT2D eigenvalue weighted by molar-refractivity contribution is 5.80. The maximum absolute atomic E-state index is 11.7. The number of ether oxygens (including phenoxy) is 3. The number of carbonyl (C=O) groups excluding carboxylic acids is 1. The summed E-state index contributed by atoms with van der Waals surface area (Å²) in [6, 6.07) is 3.19. The van der Waals surface area contributed by atoms with E-state index in [9.17, 15) is 4.79 Å². The average molecular weight is 252 g/mol. The summed E-state index contributed by atoms with van der Waals surface area (Å²) in [6.07, 6.45) is 1.62. The second-order valence-corrected chi connectivity index (χ2v) is 3.86. The van der Waals surface area contributed by atoms with E-state index in [4.69, 9.17) is 14.2 Å². The molecule has 1 aromatic heterocycles. The molecule has 98 valence electrons. The normalized spacial score (nSPS) is 19.4. The Morgan fingerprint density at radius 3 is 2.94 bits per heavy atom. The van der Waals surface area contributed by atoms with Gasteiger partial charge in [0.15, 0.2) is 6.04 Å². The van der Waals surface area contributed by atoms with E-state index in [0.717, 1.165) is 5.82 Å². The van der Waals surface area contributed by atoms with Gasteiger partial charge in [-0.25, -0.2) is 9.78 Å². The van der Waals surface area contributed by atoms with Gasteiger partial charge in [0.1, 0.15) is 11.6 Å². The molecule has 0 aliphatic carbocycles. The summed E-state index contributed by atoms with van der Waals surface area (Å²) in [6.45, 7) is 1.50. The summed E-state index contributed by atoms with van der Waals surface area (Å²) < 4.78 is 15.1. The van der Waals surface area contributed by atoms with Gasteiger partial charge in [-0.2, -0.15) is 0 Å². The van der Waals surface area contributed by atoms with Crippen LogP contribution in [0.2, 0.25) is 0 Å². The lowest BCUT2D eigenvalue weighted by Gasteiger charge is -2.34. The smallest absolute Gasteiger partial charge is 0.330 e. The van der Waals surface area contributed by atoms with Crippen LogP contribution in [0.15, 0.2) is 18.3 Å². The number of rotatable bonds is 3. The number of aromatic nitrogens is 1. The third-order valence-electron chi connectivity index (χ3n) is 2.85. The molecule has 0 spiro atoms. The van der Waals surface area contributed by atoms with Crippen LogP contribution >= 0.6 is 0 Å². The third-order valence-corrected chi connectivity index (χ3v) is 2.85. The van der Waals surface area contributed by atoms with Gasteiger partial charge in [-0.15, -0.1) is 0 Å². The van der Waals surface area contributed by atoms with E-state index in [1.165, 1.54) is 7.11 Å². The molecule has 1 fully saturated rings.